The van der Waals surface area contributed by atoms with Crippen LogP contribution in [0, 0.1) is 0 Å². The van der Waals surface area contributed by atoms with Crippen LogP contribution < -0.4 is 34.4 Å². The van der Waals surface area contributed by atoms with Crippen LogP contribution in [0.4, 0.5) is 34.1 Å². The van der Waals surface area contributed by atoms with Gasteiger partial charge < -0.3 is 34.4 Å². The molecule has 6 nitrogen and oxygen atoms in total. The molecule has 0 aliphatic heterocycles. The molecule has 9 aromatic rings. The van der Waals surface area contributed by atoms with Crippen LogP contribution in [-0.4, -0.2) is 0 Å². The zero-order valence-electron chi connectivity index (χ0n) is 26.3. The van der Waals surface area contributed by atoms with Gasteiger partial charge in [-0.2, -0.15) is 0 Å². The molecule has 9 rings (SSSR count). The molecule has 0 bridgehead atoms. The predicted octanol–water partition coefficient (Wildman–Crippen LogP) is 9.47. The van der Waals surface area contributed by atoms with Crippen LogP contribution in [0.3, 0.4) is 0 Å². The lowest BCUT2D eigenvalue weighted by Crippen LogP contribution is -1.89. The molecule has 0 saturated carbocycles. The van der Waals surface area contributed by atoms with Crippen molar-refractivity contribution in [3.8, 4) is 0 Å². The number of fused-ring (bicyclic) bond motifs is 6. The summed E-state index contributed by atoms with van der Waals surface area (Å²) in [5.41, 5.74) is 39.8. The number of rotatable bonds is 0. The molecule has 0 aromatic heterocycles. The first kappa shape index (κ1) is 30.0. The van der Waals surface area contributed by atoms with E-state index in [-0.39, 0.29) is 0 Å². The van der Waals surface area contributed by atoms with Crippen molar-refractivity contribution in [3.05, 3.63) is 146 Å². The number of nitrogen functional groups attached to an aromatic ring is 6. The summed E-state index contributed by atoms with van der Waals surface area (Å²) < 4.78 is 0. The highest BCUT2D eigenvalue weighted by Gasteiger charge is 2.03. The monoisotopic (exact) mass is 624 g/mol. The molecule has 0 unspecified atom stereocenters. The molecule has 12 N–H and O–H groups in total. The molecule has 6 heteroatoms. The van der Waals surface area contributed by atoms with E-state index in [1.54, 1.807) is 0 Å². The maximum atomic E-state index is 5.95. The smallest absolute Gasteiger partial charge is 0.0393 e. The zero-order valence-corrected chi connectivity index (χ0v) is 26.3. The van der Waals surface area contributed by atoms with E-state index in [0.717, 1.165) is 77.2 Å². The van der Waals surface area contributed by atoms with Crippen molar-refractivity contribution in [2.75, 3.05) is 34.4 Å². The summed E-state index contributed by atoms with van der Waals surface area (Å²) in [5, 5.41) is 13.8. The summed E-state index contributed by atoms with van der Waals surface area (Å²) in [6.45, 7) is 0. The maximum absolute atomic E-state index is 5.95. The molecule has 0 atom stereocenters. The Morgan fingerprint density at radius 2 is 0.521 bits per heavy atom. The third kappa shape index (κ3) is 6.10. The second-order valence-electron chi connectivity index (χ2n) is 12.1. The molecule has 234 valence electrons. The third-order valence-corrected chi connectivity index (χ3v) is 8.63. The van der Waals surface area contributed by atoms with Crippen LogP contribution in [0.5, 0.6) is 0 Å². The highest BCUT2D eigenvalue weighted by Crippen LogP contribution is 2.30. The van der Waals surface area contributed by atoms with Gasteiger partial charge in [-0.05, 0) is 151 Å². The number of nitrogens with two attached hydrogens (primary N) is 6. The van der Waals surface area contributed by atoms with Gasteiger partial charge in [0, 0.05) is 44.9 Å². The van der Waals surface area contributed by atoms with Gasteiger partial charge in [-0.25, -0.2) is 0 Å². The molecule has 0 heterocycles. The third-order valence-electron chi connectivity index (χ3n) is 8.63. The summed E-state index contributed by atoms with van der Waals surface area (Å²) >= 11 is 0. The SMILES string of the molecule is Nc1ccc2cc3cc(N)ccc3cc2c1.Nc1ccc2cc3ccc(N)cc3cc2c1.Nc1cccc2cc3c(N)cccc3cc12. The molecule has 9 aromatic carbocycles. The van der Waals surface area contributed by atoms with Crippen molar-refractivity contribution in [2.24, 2.45) is 0 Å². The van der Waals surface area contributed by atoms with Crippen LogP contribution in [0.25, 0.3) is 64.6 Å². The van der Waals surface area contributed by atoms with E-state index in [9.17, 15) is 0 Å². The molecule has 0 aliphatic carbocycles. The first-order valence-corrected chi connectivity index (χ1v) is 15.6. The first-order valence-electron chi connectivity index (χ1n) is 15.6. The Hall–Kier alpha value is -6.66. The predicted molar refractivity (Wildman–Crippen MR) is 211 cm³/mol. The van der Waals surface area contributed by atoms with Crippen LogP contribution in [0.15, 0.2) is 146 Å². The van der Waals surface area contributed by atoms with E-state index in [0.29, 0.717) is 0 Å². The number of hydrogen-bond acceptors (Lipinski definition) is 6. The van der Waals surface area contributed by atoms with E-state index in [1.807, 2.05) is 97.1 Å². The average molecular weight is 625 g/mol. The highest BCUT2D eigenvalue weighted by atomic mass is 14.6. The van der Waals surface area contributed by atoms with Crippen molar-refractivity contribution in [2.45, 2.75) is 0 Å². The molecule has 0 radical (unpaired) electrons. The summed E-state index contributed by atoms with van der Waals surface area (Å²) in [6, 6.07) is 48.4. The van der Waals surface area contributed by atoms with Crippen molar-refractivity contribution in [3.63, 3.8) is 0 Å². The Morgan fingerprint density at radius 3 is 0.854 bits per heavy atom. The number of benzene rings is 9. The van der Waals surface area contributed by atoms with Crippen molar-refractivity contribution < 1.29 is 0 Å². The molecule has 0 aliphatic rings. The van der Waals surface area contributed by atoms with Gasteiger partial charge in [0.25, 0.3) is 0 Å². The van der Waals surface area contributed by atoms with E-state index in [2.05, 4.69) is 48.5 Å². The topological polar surface area (TPSA) is 156 Å². The lowest BCUT2D eigenvalue weighted by atomic mass is 10.0. The normalized spacial score (nSPS) is 11.0. The molecule has 0 fully saturated rings. The lowest BCUT2D eigenvalue weighted by Gasteiger charge is -2.06. The van der Waals surface area contributed by atoms with E-state index in [4.69, 9.17) is 34.4 Å². The van der Waals surface area contributed by atoms with Gasteiger partial charge >= 0.3 is 0 Å². The van der Waals surface area contributed by atoms with E-state index < -0.39 is 0 Å². The molecule has 0 saturated heterocycles. The summed E-state index contributed by atoms with van der Waals surface area (Å²) in [5.74, 6) is 0. The second-order valence-corrected chi connectivity index (χ2v) is 12.1. The summed E-state index contributed by atoms with van der Waals surface area (Å²) in [6.07, 6.45) is 0. The van der Waals surface area contributed by atoms with Crippen LogP contribution in [0.2, 0.25) is 0 Å². The Balaban J connectivity index is 0.000000114. The zero-order chi connectivity index (χ0) is 33.4. The number of anilines is 6. The molecule has 48 heavy (non-hydrogen) atoms. The van der Waals surface area contributed by atoms with Gasteiger partial charge in [0.05, 0.1) is 0 Å². The molecule has 0 spiro atoms. The molecule has 0 amide bonds. The van der Waals surface area contributed by atoms with E-state index >= 15 is 0 Å². The Bertz CT molecular complexity index is 2460. The minimum Gasteiger partial charge on any atom is -0.399 e. The van der Waals surface area contributed by atoms with E-state index in [1.165, 1.54) is 21.5 Å². The van der Waals surface area contributed by atoms with Crippen molar-refractivity contribution in [1.29, 1.82) is 0 Å². The van der Waals surface area contributed by atoms with Gasteiger partial charge in [0.1, 0.15) is 0 Å². The fraction of sp³-hybridized carbons (Fsp3) is 0. The van der Waals surface area contributed by atoms with Crippen LogP contribution in [-0.2, 0) is 0 Å². The summed E-state index contributed by atoms with van der Waals surface area (Å²) in [4.78, 5) is 0. The quantitative estimate of drug-likeness (QED) is 0.0729. The highest BCUT2D eigenvalue weighted by molar-refractivity contribution is 6.07. The number of hydrogen-bond donors (Lipinski definition) is 6. The Morgan fingerprint density at radius 1 is 0.229 bits per heavy atom. The Kier molecular flexibility index (Phi) is 7.67. The first-order chi connectivity index (χ1) is 23.2. The van der Waals surface area contributed by atoms with Gasteiger partial charge in [0.2, 0.25) is 0 Å². The van der Waals surface area contributed by atoms with Gasteiger partial charge in [0.15, 0.2) is 0 Å². The molecular weight excluding hydrogens is 589 g/mol. The van der Waals surface area contributed by atoms with Crippen LogP contribution in [0.1, 0.15) is 0 Å². The largest absolute Gasteiger partial charge is 0.399 e. The minimum absolute atomic E-state index is 0.788. The minimum atomic E-state index is 0.788. The maximum Gasteiger partial charge on any atom is 0.0393 e. The van der Waals surface area contributed by atoms with Crippen molar-refractivity contribution >= 4 is 98.8 Å². The lowest BCUT2D eigenvalue weighted by molar-refractivity contribution is 1.73. The fourth-order valence-corrected chi connectivity index (χ4v) is 6.17. The van der Waals surface area contributed by atoms with Gasteiger partial charge in [-0.3, -0.25) is 0 Å². The fourth-order valence-electron chi connectivity index (χ4n) is 6.17. The van der Waals surface area contributed by atoms with Crippen molar-refractivity contribution in [1.82, 2.24) is 0 Å². The second kappa shape index (κ2) is 12.3. The van der Waals surface area contributed by atoms with Gasteiger partial charge in [-0.1, -0.05) is 48.5 Å². The van der Waals surface area contributed by atoms with Crippen LogP contribution >= 0.6 is 0 Å². The van der Waals surface area contributed by atoms with Gasteiger partial charge in [-0.15, -0.1) is 0 Å². The molecular formula is C42H36N6. The average Bonchev–Trinajstić information content (AvgIpc) is 3.07. The Labute approximate surface area is 278 Å². The standard InChI is InChI=1S/3C14H12N2/c15-13-3-1-9-5-12-8-14(16)4-2-10(12)6-11(9)7-13;15-13-3-1-9-5-10-2-4-14(16)8-12(10)6-11(9)7-13;15-13-5-1-3-9-7-12-10(8-11(9)13)4-2-6-14(12)16/h3*1-8H,15-16H2. The summed E-state index contributed by atoms with van der Waals surface area (Å²) in [7, 11) is 0.